The first-order valence-electron chi connectivity index (χ1n) is 6.55. The summed E-state index contributed by atoms with van der Waals surface area (Å²) in [6.45, 7) is 2.19. The topological polar surface area (TPSA) is 64.7 Å². The molecule has 3 heteroatoms. The number of ketones is 1. The van der Waals surface area contributed by atoms with E-state index in [4.69, 9.17) is 10.5 Å². The molecule has 0 aliphatic heterocycles. The molecule has 0 aromatic heterocycles. The smallest absolute Gasteiger partial charge is 0.191 e. The number of hydrogen-bond acceptors (Lipinski definition) is 3. The van der Waals surface area contributed by atoms with E-state index in [2.05, 4.69) is 6.92 Å². The Labute approximate surface area is 103 Å². The van der Waals surface area contributed by atoms with Crippen molar-refractivity contribution in [2.24, 2.45) is 17.8 Å². The Hall–Kier alpha value is -1.35. The van der Waals surface area contributed by atoms with Gasteiger partial charge in [-0.2, -0.15) is 10.5 Å². The molecule has 0 amide bonds. The van der Waals surface area contributed by atoms with E-state index < -0.39 is 5.92 Å². The summed E-state index contributed by atoms with van der Waals surface area (Å²) < 4.78 is 0. The molecule has 17 heavy (non-hydrogen) atoms. The van der Waals surface area contributed by atoms with Crippen molar-refractivity contribution < 1.29 is 4.79 Å². The molecule has 3 nitrogen and oxygen atoms in total. The first kappa shape index (κ1) is 13.7. The van der Waals surface area contributed by atoms with Gasteiger partial charge in [0.05, 0.1) is 12.1 Å². The van der Waals surface area contributed by atoms with Crippen LogP contribution in [-0.4, -0.2) is 5.78 Å². The fraction of sp³-hybridized carbons (Fsp3) is 0.786. The molecule has 0 atom stereocenters. The van der Waals surface area contributed by atoms with Crippen LogP contribution in [0.5, 0.6) is 0 Å². The molecule has 0 spiro atoms. The summed E-state index contributed by atoms with van der Waals surface area (Å²) >= 11 is 0. The molecule has 0 N–H and O–H groups in total. The van der Waals surface area contributed by atoms with Crippen LogP contribution in [0.2, 0.25) is 0 Å². The zero-order valence-corrected chi connectivity index (χ0v) is 10.5. The van der Waals surface area contributed by atoms with E-state index >= 15 is 0 Å². The lowest BCUT2D eigenvalue weighted by Gasteiger charge is -2.27. The third kappa shape index (κ3) is 3.86. The lowest BCUT2D eigenvalue weighted by Crippen LogP contribution is -2.26. The second-order valence-electron chi connectivity index (χ2n) is 4.95. The van der Waals surface area contributed by atoms with E-state index in [-0.39, 0.29) is 11.7 Å². The van der Waals surface area contributed by atoms with Crippen LogP contribution < -0.4 is 0 Å². The first-order chi connectivity index (χ1) is 8.22. The number of hydrogen-bond donors (Lipinski definition) is 0. The first-order valence-corrected chi connectivity index (χ1v) is 6.55. The van der Waals surface area contributed by atoms with Gasteiger partial charge in [-0.15, -0.1) is 0 Å². The van der Waals surface area contributed by atoms with Crippen molar-refractivity contribution in [1.82, 2.24) is 0 Å². The van der Waals surface area contributed by atoms with E-state index in [1.807, 2.05) is 0 Å². The second-order valence-corrected chi connectivity index (χ2v) is 4.95. The summed E-state index contributed by atoms with van der Waals surface area (Å²) in [5.41, 5.74) is 0. The molecule has 0 unspecified atom stereocenters. The Bertz CT molecular complexity index is 315. The quantitative estimate of drug-likeness (QED) is 0.731. The molecule has 0 heterocycles. The Morgan fingerprint density at radius 2 is 1.82 bits per heavy atom. The van der Waals surface area contributed by atoms with Crippen molar-refractivity contribution in [2.75, 3.05) is 0 Å². The van der Waals surface area contributed by atoms with Crippen molar-refractivity contribution in [3.8, 4) is 12.1 Å². The summed E-state index contributed by atoms with van der Waals surface area (Å²) in [6.07, 6.45) is 7.66. The number of nitriles is 2. The van der Waals surface area contributed by atoms with Gasteiger partial charge in [-0.3, -0.25) is 4.79 Å². The molecule has 0 bridgehead atoms. The van der Waals surface area contributed by atoms with Gasteiger partial charge in [0.1, 0.15) is 0 Å². The van der Waals surface area contributed by atoms with E-state index in [1.165, 1.54) is 19.3 Å². The third-order valence-corrected chi connectivity index (χ3v) is 3.76. The average molecular weight is 232 g/mol. The highest BCUT2D eigenvalue weighted by molar-refractivity contribution is 5.87. The zero-order chi connectivity index (χ0) is 12.7. The molecule has 0 aromatic rings. The maximum absolute atomic E-state index is 11.8. The maximum atomic E-state index is 11.8. The van der Waals surface area contributed by atoms with Crippen LogP contribution in [-0.2, 0) is 4.79 Å². The minimum atomic E-state index is -1.05. The Kier molecular flexibility index (Phi) is 5.70. The molecule has 0 radical (unpaired) electrons. The van der Waals surface area contributed by atoms with Crippen LogP contribution in [0.1, 0.15) is 51.9 Å². The molecule has 1 fully saturated rings. The van der Waals surface area contributed by atoms with Crippen LogP contribution in [0.15, 0.2) is 0 Å². The van der Waals surface area contributed by atoms with E-state index in [0.29, 0.717) is 0 Å². The number of nitrogens with zero attached hydrogens (tertiary/aromatic N) is 2. The summed E-state index contributed by atoms with van der Waals surface area (Å²) in [5.74, 6) is -0.491. The van der Waals surface area contributed by atoms with Crippen molar-refractivity contribution in [3.05, 3.63) is 0 Å². The fourth-order valence-corrected chi connectivity index (χ4v) is 2.62. The lowest BCUT2D eigenvalue weighted by atomic mass is 9.76. The summed E-state index contributed by atoms with van der Waals surface area (Å²) in [4.78, 5) is 11.8. The number of Topliss-reactive ketones (excluding diaryl/α,β-unsaturated/α-hetero) is 1. The number of carbonyl (C=O) groups excluding carboxylic acids is 1. The van der Waals surface area contributed by atoms with Crippen LogP contribution in [0.4, 0.5) is 0 Å². The van der Waals surface area contributed by atoms with Gasteiger partial charge in [-0.1, -0.05) is 26.2 Å². The normalized spacial score (nSPS) is 24.0. The van der Waals surface area contributed by atoms with Crippen LogP contribution in [0.25, 0.3) is 0 Å². The third-order valence-electron chi connectivity index (χ3n) is 3.76. The second kappa shape index (κ2) is 7.07. The van der Waals surface area contributed by atoms with Crippen molar-refractivity contribution in [2.45, 2.75) is 51.9 Å². The lowest BCUT2D eigenvalue weighted by molar-refractivity contribution is -0.125. The van der Waals surface area contributed by atoms with Gasteiger partial charge in [-0.05, 0) is 31.6 Å². The molecule has 1 saturated carbocycles. The number of rotatable bonds is 5. The maximum Gasteiger partial charge on any atom is 0.191 e. The van der Waals surface area contributed by atoms with E-state index in [1.54, 1.807) is 12.1 Å². The largest absolute Gasteiger partial charge is 0.297 e. The van der Waals surface area contributed by atoms with Gasteiger partial charge < -0.3 is 0 Å². The van der Waals surface area contributed by atoms with Gasteiger partial charge in [0, 0.05) is 5.92 Å². The van der Waals surface area contributed by atoms with Crippen molar-refractivity contribution >= 4 is 5.78 Å². The summed E-state index contributed by atoms with van der Waals surface area (Å²) in [7, 11) is 0. The summed E-state index contributed by atoms with van der Waals surface area (Å²) in [6, 6.07) is 3.57. The van der Waals surface area contributed by atoms with Crippen LogP contribution in [0.3, 0.4) is 0 Å². The standard InChI is InChI=1S/C14H20N2O/c1-2-3-4-11-5-7-12(8-6-11)14(17)13(9-15)10-16/h11-13H,2-8H2,1H3. The molecule has 0 aromatic carbocycles. The predicted molar refractivity (Wildman–Crippen MR) is 64.7 cm³/mol. The van der Waals surface area contributed by atoms with Crippen LogP contribution >= 0.6 is 0 Å². The van der Waals surface area contributed by atoms with Crippen molar-refractivity contribution in [1.29, 1.82) is 10.5 Å². The molecule has 1 aliphatic carbocycles. The highest BCUT2D eigenvalue weighted by atomic mass is 16.1. The molecule has 92 valence electrons. The minimum Gasteiger partial charge on any atom is -0.297 e. The van der Waals surface area contributed by atoms with Gasteiger partial charge in [0.25, 0.3) is 0 Å². The Morgan fingerprint density at radius 1 is 1.24 bits per heavy atom. The van der Waals surface area contributed by atoms with Gasteiger partial charge in [0.15, 0.2) is 11.7 Å². The molecule has 1 rings (SSSR count). The predicted octanol–water partition coefficient (Wildman–Crippen LogP) is 3.22. The Morgan fingerprint density at radius 3 is 2.29 bits per heavy atom. The van der Waals surface area contributed by atoms with Crippen LogP contribution in [0, 0.1) is 40.4 Å². The van der Waals surface area contributed by atoms with Gasteiger partial charge >= 0.3 is 0 Å². The number of carbonyl (C=O) groups is 1. The van der Waals surface area contributed by atoms with Gasteiger partial charge in [0.2, 0.25) is 0 Å². The molecular formula is C14H20N2O. The van der Waals surface area contributed by atoms with E-state index in [0.717, 1.165) is 31.6 Å². The Balaban J connectivity index is 2.39. The average Bonchev–Trinajstić information content (AvgIpc) is 2.38. The molecular weight excluding hydrogens is 212 g/mol. The molecule has 1 aliphatic rings. The van der Waals surface area contributed by atoms with Crippen molar-refractivity contribution in [3.63, 3.8) is 0 Å². The SMILES string of the molecule is CCCCC1CCC(C(=O)C(C#N)C#N)CC1. The summed E-state index contributed by atoms with van der Waals surface area (Å²) in [5, 5.41) is 17.4. The zero-order valence-electron chi connectivity index (χ0n) is 10.5. The minimum absolute atomic E-state index is 0.0443. The number of unbranched alkanes of at least 4 members (excludes halogenated alkanes) is 1. The van der Waals surface area contributed by atoms with Gasteiger partial charge in [-0.25, -0.2) is 0 Å². The van der Waals surface area contributed by atoms with E-state index in [9.17, 15) is 4.79 Å². The fourth-order valence-electron chi connectivity index (χ4n) is 2.62. The molecule has 0 saturated heterocycles. The monoisotopic (exact) mass is 232 g/mol. The highest BCUT2D eigenvalue weighted by Gasteiger charge is 2.30. The highest BCUT2D eigenvalue weighted by Crippen LogP contribution is 2.33.